The fourth-order valence-electron chi connectivity index (χ4n) is 2.55. The first-order valence-electron chi connectivity index (χ1n) is 7.77. The number of rotatable bonds is 4. The highest BCUT2D eigenvalue weighted by atomic mass is 32.2. The molecule has 6 heteroatoms. The predicted octanol–water partition coefficient (Wildman–Crippen LogP) is 2.37. The van der Waals surface area contributed by atoms with Gasteiger partial charge in [0.1, 0.15) is 5.75 Å². The SMILES string of the molecule is O=C(COc1ccc(C2SCCCS2)cc1)N1CCNCC1. The van der Waals surface area contributed by atoms with E-state index in [1.165, 1.54) is 23.5 Å². The summed E-state index contributed by atoms with van der Waals surface area (Å²) in [5.74, 6) is 3.34. The van der Waals surface area contributed by atoms with E-state index < -0.39 is 0 Å². The summed E-state index contributed by atoms with van der Waals surface area (Å²) in [4.78, 5) is 13.9. The molecule has 4 nitrogen and oxygen atoms in total. The summed E-state index contributed by atoms with van der Waals surface area (Å²) in [7, 11) is 0. The average Bonchev–Trinajstić information content (AvgIpc) is 2.61. The number of ether oxygens (including phenoxy) is 1. The highest BCUT2D eigenvalue weighted by Crippen LogP contribution is 2.43. The van der Waals surface area contributed by atoms with Crippen LogP contribution in [0.5, 0.6) is 5.75 Å². The van der Waals surface area contributed by atoms with E-state index in [1.54, 1.807) is 0 Å². The number of carbonyl (C=O) groups excluding carboxylic acids is 1. The molecule has 0 aliphatic carbocycles. The van der Waals surface area contributed by atoms with Crippen molar-refractivity contribution >= 4 is 29.4 Å². The number of benzene rings is 1. The Labute approximate surface area is 140 Å². The molecule has 1 N–H and O–H groups in total. The number of nitrogens with one attached hydrogen (secondary N) is 1. The molecular formula is C16H22N2O2S2. The molecule has 22 heavy (non-hydrogen) atoms. The maximum atomic E-state index is 12.1. The average molecular weight is 338 g/mol. The first kappa shape index (κ1) is 16.0. The molecule has 0 bridgehead atoms. The molecule has 2 saturated heterocycles. The van der Waals surface area contributed by atoms with E-state index in [4.69, 9.17) is 4.74 Å². The molecule has 0 saturated carbocycles. The maximum absolute atomic E-state index is 12.1. The number of hydrogen-bond donors (Lipinski definition) is 1. The summed E-state index contributed by atoms with van der Waals surface area (Å²) in [6, 6.07) is 8.22. The summed E-state index contributed by atoms with van der Waals surface area (Å²) < 4.78 is 6.18. The van der Waals surface area contributed by atoms with Crippen LogP contribution in [0, 0.1) is 0 Å². The number of nitrogens with zero attached hydrogens (tertiary/aromatic N) is 1. The van der Waals surface area contributed by atoms with Gasteiger partial charge in [-0.15, -0.1) is 23.5 Å². The van der Waals surface area contributed by atoms with E-state index in [9.17, 15) is 4.79 Å². The third kappa shape index (κ3) is 4.33. The second kappa shape index (κ2) is 8.13. The predicted molar refractivity (Wildman–Crippen MR) is 93.7 cm³/mol. The van der Waals surface area contributed by atoms with Crippen LogP contribution < -0.4 is 10.1 Å². The summed E-state index contributed by atoms with van der Waals surface area (Å²) in [6.45, 7) is 3.43. The fraction of sp³-hybridized carbons (Fsp3) is 0.562. The molecule has 0 radical (unpaired) electrons. The third-order valence-electron chi connectivity index (χ3n) is 3.81. The van der Waals surface area contributed by atoms with Crippen LogP contribution >= 0.6 is 23.5 Å². The lowest BCUT2D eigenvalue weighted by molar-refractivity contribution is -0.133. The van der Waals surface area contributed by atoms with Crippen LogP contribution in [0.2, 0.25) is 0 Å². The molecule has 1 amide bonds. The molecule has 1 aromatic rings. The number of amides is 1. The minimum atomic E-state index is 0.0731. The number of carbonyl (C=O) groups is 1. The van der Waals surface area contributed by atoms with E-state index in [0.717, 1.165) is 31.9 Å². The zero-order valence-corrected chi connectivity index (χ0v) is 14.3. The minimum Gasteiger partial charge on any atom is -0.484 e. The topological polar surface area (TPSA) is 41.6 Å². The third-order valence-corrected chi connectivity index (χ3v) is 6.83. The molecule has 2 aliphatic rings. The first-order valence-corrected chi connectivity index (χ1v) is 9.87. The second-order valence-corrected chi connectivity index (χ2v) is 8.14. The second-order valence-electron chi connectivity index (χ2n) is 5.42. The zero-order valence-electron chi connectivity index (χ0n) is 12.6. The van der Waals surface area contributed by atoms with Crippen LogP contribution in [0.15, 0.2) is 24.3 Å². The Hall–Kier alpha value is -0.850. The maximum Gasteiger partial charge on any atom is 0.260 e. The Morgan fingerprint density at radius 1 is 1.18 bits per heavy atom. The van der Waals surface area contributed by atoms with Gasteiger partial charge in [-0.1, -0.05) is 12.1 Å². The van der Waals surface area contributed by atoms with Crippen molar-refractivity contribution in [1.29, 1.82) is 0 Å². The van der Waals surface area contributed by atoms with Crippen molar-refractivity contribution in [1.82, 2.24) is 10.2 Å². The molecule has 2 heterocycles. The largest absolute Gasteiger partial charge is 0.484 e. The molecule has 0 spiro atoms. The van der Waals surface area contributed by atoms with Crippen molar-refractivity contribution in [3.8, 4) is 5.75 Å². The fourth-order valence-corrected chi connectivity index (χ4v) is 5.45. The van der Waals surface area contributed by atoms with Gasteiger partial charge in [0.05, 0.1) is 4.58 Å². The van der Waals surface area contributed by atoms with Gasteiger partial charge in [-0.25, -0.2) is 0 Å². The zero-order chi connectivity index (χ0) is 15.2. The Morgan fingerprint density at radius 3 is 2.55 bits per heavy atom. The van der Waals surface area contributed by atoms with E-state index in [0.29, 0.717) is 4.58 Å². The van der Waals surface area contributed by atoms with Crippen molar-refractivity contribution in [2.45, 2.75) is 11.0 Å². The molecule has 120 valence electrons. The summed E-state index contributed by atoms with van der Waals surface area (Å²) in [5.41, 5.74) is 1.34. The van der Waals surface area contributed by atoms with E-state index in [2.05, 4.69) is 17.4 Å². The van der Waals surface area contributed by atoms with E-state index in [-0.39, 0.29) is 12.5 Å². The van der Waals surface area contributed by atoms with Crippen molar-refractivity contribution in [2.24, 2.45) is 0 Å². The van der Waals surface area contributed by atoms with Crippen LogP contribution in [-0.4, -0.2) is 55.1 Å². The monoisotopic (exact) mass is 338 g/mol. The van der Waals surface area contributed by atoms with Crippen molar-refractivity contribution < 1.29 is 9.53 Å². The normalized spacial score (nSPS) is 19.9. The molecule has 0 aromatic heterocycles. The Kier molecular flexibility index (Phi) is 5.92. The first-order chi connectivity index (χ1) is 10.8. The van der Waals surface area contributed by atoms with E-state index >= 15 is 0 Å². The van der Waals surface area contributed by atoms with Crippen LogP contribution in [0.1, 0.15) is 16.6 Å². The quantitative estimate of drug-likeness (QED) is 0.913. The summed E-state index contributed by atoms with van der Waals surface area (Å²) >= 11 is 4.03. The molecule has 0 atom stereocenters. The Bertz CT molecular complexity index is 483. The molecule has 2 fully saturated rings. The number of thioether (sulfide) groups is 2. The lowest BCUT2D eigenvalue weighted by Crippen LogP contribution is -2.47. The van der Waals surface area contributed by atoms with Crippen molar-refractivity contribution in [2.75, 3.05) is 44.3 Å². The number of hydrogen-bond acceptors (Lipinski definition) is 5. The molecular weight excluding hydrogens is 316 g/mol. The molecule has 1 aromatic carbocycles. The van der Waals surface area contributed by atoms with Crippen molar-refractivity contribution in [3.63, 3.8) is 0 Å². The van der Waals surface area contributed by atoms with Crippen molar-refractivity contribution in [3.05, 3.63) is 29.8 Å². The highest BCUT2D eigenvalue weighted by molar-refractivity contribution is 8.16. The minimum absolute atomic E-state index is 0.0731. The van der Waals surface area contributed by atoms with E-state index in [1.807, 2.05) is 40.6 Å². The molecule has 0 unspecified atom stereocenters. The van der Waals surface area contributed by atoms with Crippen LogP contribution in [0.4, 0.5) is 0 Å². The van der Waals surface area contributed by atoms with Gasteiger partial charge in [0.2, 0.25) is 0 Å². The molecule has 2 aliphatic heterocycles. The highest BCUT2D eigenvalue weighted by Gasteiger charge is 2.18. The lowest BCUT2D eigenvalue weighted by atomic mass is 10.2. The molecule has 3 rings (SSSR count). The van der Waals surface area contributed by atoms with Gasteiger partial charge in [0, 0.05) is 26.2 Å². The van der Waals surface area contributed by atoms with Crippen LogP contribution in [-0.2, 0) is 4.79 Å². The van der Waals surface area contributed by atoms with Gasteiger partial charge < -0.3 is 15.0 Å². The lowest BCUT2D eigenvalue weighted by Gasteiger charge is -2.27. The van der Waals surface area contributed by atoms with Crippen LogP contribution in [0.25, 0.3) is 0 Å². The van der Waals surface area contributed by atoms with Gasteiger partial charge in [-0.05, 0) is 35.6 Å². The Morgan fingerprint density at radius 2 is 1.86 bits per heavy atom. The number of piperazine rings is 1. The van der Waals surface area contributed by atoms with Crippen LogP contribution in [0.3, 0.4) is 0 Å². The van der Waals surface area contributed by atoms with Gasteiger partial charge in [-0.2, -0.15) is 0 Å². The van der Waals surface area contributed by atoms with Gasteiger partial charge >= 0.3 is 0 Å². The Balaban J connectivity index is 1.49. The van der Waals surface area contributed by atoms with Gasteiger partial charge in [-0.3, -0.25) is 4.79 Å². The summed E-state index contributed by atoms with van der Waals surface area (Å²) in [6.07, 6.45) is 1.31. The standard InChI is InChI=1S/C16H22N2O2S2/c19-15(18-8-6-17-7-9-18)12-20-14-4-2-13(3-5-14)16-21-10-1-11-22-16/h2-5,16-17H,1,6-12H2. The summed E-state index contributed by atoms with van der Waals surface area (Å²) in [5, 5.41) is 3.24. The van der Waals surface area contributed by atoms with Gasteiger partial charge in [0.15, 0.2) is 6.61 Å². The van der Waals surface area contributed by atoms with Gasteiger partial charge in [0.25, 0.3) is 5.91 Å². The smallest absolute Gasteiger partial charge is 0.260 e.